The molecule has 0 aliphatic carbocycles. The molecule has 0 saturated carbocycles. The van der Waals surface area contributed by atoms with Crippen LogP contribution in [0.5, 0.6) is 0 Å². The van der Waals surface area contributed by atoms with Gasteiger partial charge < -0.3 is 16.4 Å². The third-order valence-corrected chi connectivity index (χ3v) is 3.75. The molecule has 2 unspecified atom stereocenters. The molecule has 124 valence electrons. The first kappa shape index (κ1) is 21.0. The molecule has 8 heteroatoms. The van der Waals surface area contributed by atoms with E-state index >= 15 is 0 Å². The van der Waals surface area contributed by atoms with Gasteiger partial charge in [0, 0.05) is 5.02 Å². The monoisotopic (exact) mass is 367 g/mol. The predicted molar refractivity (Wildman–Crippen MR) is 92.8 cm³/mol. The number of anilines is 1. The summed E-state index contributed by atoms with van der Waals surface area (Å²) in [6.07, 6.45) is 0.791. The van der Waals surface area contributed by atoms with Crippen LogP contribution in [-0.4, -0.2) is 24.4 Å². The Hall–Kier alpha value is -1.01. The fraction of sp³-hybridized carbons (Fsp3) is 0.429. The van der Waals surface area contributed by atoms with Crippen molar-refractivity contribution in [1.29, 1.82) is 0 Å². The van der Waals surface area contributed by atoms with E-state index in [1.165, 1.54) is 6.07 Å². The number of carbonyl (C=O) groups is 2. The van der Waals surface area contributed by atoms with Crippen molar-refractivity contribution in [2.75, 3.05) is 11.9 Å². The van der Waals surface area contributed by atoms with Gasteiger partial charge in [-0.2, -0.15) is 0 Å². The van der Waals surface area contributed by atoms with Gasteiger partial charge in [0.1, 0.15) is 0 Å². The maximum Gasteiger partial charge on any atom is 0.243 e. The van der Waals surface area contributed by atoms with Crippen LogP contribution in [0.1, 0.15) is 20.3 Å². The summed E-state index contributed by atoms with van der Waals surface area (Å²) in [4.78, 5) is 23.5. The predicted octanol–water partition coefficient (Wildman–Crippen LogP) is 2.84. The molecular weight excluding hydrogens is 349 g/mol. The average molecular weight is 369 g/mol. The summed E-state index contributed by atoms with van der Waals surface area (Å²) < 4.78 is 0. The van der Waals surface area contributed by atoms with E-state index in [1.807, 2.05) is 13.8 Å². The quantitative estimate of drug-likeness (QED) is 0.722. The fourth-order valence-corrected chi connectivity index (χ4v) is 1.92. The van der Waals surface area contributed by atoms with E-state index < -0.39 is 11.9 Å². The Morgan fingerprint density at radius 3 is 2.55 bits per heavy atom. The maximum atomic E-state index is 11.8. The first-order valence-electron chi connectivity index (χ1n) is 6.63. The molecule has 1 rings (SSSR count). The van der Waals surface area contributed by atoms with Crippen molar-refractivity contribution in [3.05, 3.63) is 28.2 Å². The Balaban J connectivity index is 0.00000441. The number of nitrogens with two attached hydrogens (primary N) is 1. The summed E-state index contributed by atoms with van der Waals surface area (Å²) in [5.41, 5.74) is 6.17. The minimum atomic E-state index is -0.627. The molecule has 1 aromatic rings. The Bertz CT molecular complexity index is 526. The molecule has 4 N–H and O–H groups in total. The van der Waals surface area contributed by atoms with Crippen LogP contribution in [-0.2, 0) is 9.59 Å². The van der Waals surface area contributed by atoms with Crippen molar-refractivity contribution in [3.8, 4) is 0 Å². The second-order valence-corrected chi connectivity index (χ2v) is 5.65. The van der Waals surface area contributed by atoms with Crippen molar-refractivity contribution in [2.45, 2.75) is 26.3 Å². The highest BCUT2D eigenvalue weighted by Crippen LogP contribution is 2.25. The highest BCUT2D eigenvalue weighted by Gasteiger charge is 2.19. The lowest BCUT2D eigenvalue weighted by atomic mass is 9.99. The van der Waals surface area contributed by atoms with Gasteiger partial charge in [-0.05, 0) is 24.1 Å². The summed E-state index contributed by atoms with van der Waals surface area (Å²) in [7, 11) is 0. The summed E-state index contributed by atoms with van der Waals surface area (Å²) >= 11 is 11.8. The summed E-state index contributed by atoms with van der Waals surface area (Å²) in [5, 5.41) is 5.90. The fourth-order valence-electron chi connectivity index (χ4n) is 1.59. The molecule has 22 heavy (non-hydrogen) atoms. The Kier molecular flexibility index (Phi) is 9.44. The van der Waals surface area contributed by atoms with Gasteiger partial charge in [0.05, 0.1) is 23.3 Å². The van der Waals surface area contributed by atoms with Crippen LogP contribution in [0.25, 0.3) is 0 Å². The molecule has 1 aromatic carbocycles. The van der Waals surface area contributed by atoms with E-state index in [2.05, 4.69) is 10.6 Å². The molecule has 0 bridgehead atoms. The number of halogens is 3. The lowest BCUT2D eigenvalue weighted by Crippen LogP contribution is -2.46. The lowest BCUT2D eigenvalue weighted by molar-refractivity contribution is -0.125. The molecule has 0 saturated heterocycles. The largest absolute Gasteiger partial charge is 0.346 e. The van der Waals surface area contributed by atoms with Crippen LogP contribution in [0, 0.1) is 5.92 Å². The molecule has 0 radical (unpaired) electrons. The van der Waals surface area contributed by atoms with Crippen LogP contribution < -0.4 is 16.4 Å². The molecule has 0 fully saturated rings. The molecule has 5 nitrogen and oxygen atoms in total. The number of hydrogen-bond acceptors (Lipinski definition) is 3. The van der Waals surface area contributed by atoms with Crippen LogP contribution in [0.15, 0.2) is 18.2 Å². The van der Waals surface area contributed by atoms with Gasteiger partial charge in [0.2, 0.25) is 11.8 Å². The van der Waals surface area contributed by atoms with E-state index in [-0.39, 0.29) is 30.8 Å². The second kappa shape index (κ2) is 9.90. The molecule has 0 heterocycles. The van der Waals surface area contributed by atoms with Gasteiger partial charge >= 0.3 is 0 Å². The van der Waals surface area contributed by atoms with Gasteiger partial charge in [-0.25, -0.2) is 0 Å². The van der Waals surface area contributed by atoms with E-state index in [1.54, 1.807) is 12.1 Å². The summed E-state index contributed by atoms with van der Waals surface area (Å²) in [5.74, 6) is -0.698. The van der Waals surface area contributed by atoms with Crippen LogP contribution >= 0.6 is 35.6 Å². The van der Waals surface area contributed by atoms with Gasteiger partial charge in [0.15, 0.2) is 0 Å². The van der Waals surface area contributed by atoms with Crippen LogP contribution in [0.3, 0.4) is 0 Å². The minimum Gasteiger partial charge on any atom is -0.346 e. The van der Waals surface area contributed by atoms with E-state index in [0.717, 1.165) is 6.42 Å². The Morgan fingerprint density at radius 2 is 1.95 bits per heavy atom. The number of rotatable bonds is 6. The van der Waals surface area contributed by atoms with E-state index in [0.29, 0.717) is 15.7 Å². The average Bonchev–Trinajstić information content (AvgIpc) is 2.46. The number of benzene rings is 1. The van der Waals surface area contributed by atoms with Crippen molar-refractivity contribution in [2.24, 2.45) is 11.7 Å². The highest BCUT2D eigenvalue weighted by molar-refractivity contribution is 6.35. The summed E-state index contributed by atoms with van der Waals surface area (Å²) in [6.45, 7) is 3.66. The van der Waals surface area contributed by atoms with Crippen LogP contribution in [0.2, 0.25) is 10.0 Å². The number of carbonyl (C=O) groups excluding carboxylic acids is 2. The Labute approximate surface area is 146 Å². The molecule has 0 aliphatic rings. The third kappa shape index (κ3) is 6.40. The number of hydrogen-bond donors (Lipinski definition) is 3. The van der Waals surface area contributed by atoms with Gasteiger partial charge in [-0.3, -0.25) is 9.59 Å². The molecule has 2 amide bonds. The molecular formula is C14H20Cl3N3O2. The van der Waals surface area contributed by atoms with E-state index in [9.17, 15) is 9.59 Å². The molecule has 0 spiro atoms. The zero-order chi connectivity index (χ0) is 16.0. The zero-order valence-electron chi connectivity index (χ0n) is 12.4. The number of nitrogens with one attached hydrogen (secondary N) is 2. The van der Waals surface area contributed by atoms with E-state index in [4.69, 9.17) is 28.9 Å². The summed E-state index contributed by atoms with van der Waals surface area (Å²) in [6, 6.07) is 4.11. The van der Waals surface area contributed by atoms with Gasteiger partial charge in [-0.15, -0.1) is 12.4 Å². The minimum absolute atomic E-state index is 0. The highest BCUT2D eigenvalue weighted by atomic mass is 35.5. The van der Waals surface area contributed by atoms with Gasteiger partial charge in [0.25, 0.3) is 0 Å². The lowest BCUT2D eigenvalue weighted by Gasteiger charge is -2.17. The first-order chi connectivity index (χ1) is 9.85. The van der Waals surface area contributed by atoms with Crippen molar-refractivity contribution in [3.63, 3.8) is 0 Å². The number of amides is 2. The van der Waals surface area contributed by atoms with Crippen LogP contribution in [0.4, 0.5) is 5.69 Å². The maximum absolute atomic E-state index is 11.8. The molecule has 2 atom stereocenters. The zero-order valence-corrected chi connectivity index (χ0v) is 14.7. The smallest absolute Gasteiger partial charge is 0.243 e. The first-order valence-corrected chi connectivity index (χ1v) is 7.39. The van der Waals surface area contributed by atoms with Crippen molar-refractivity contribution >= 4 is 53.1 Å². The SMILES string of the molecule is CCC(C)C(N)C(=O)NCC(=O)Nc1cc(Cl)ccc1Cl.Cl. The van der Waals surface area contributed by atoms with Crippen molar-refractivity contribution in [1.82, 2.24) is 5.32 Å². The second-order valence-electron chi connectivity index (χ2n) is 4.80. The topological polar surface area (TPSA) is 84.2 Å². The standard InChI is InChI=1S/C14H19Cl2N3O2.ClH/c1-3-8(2)13(17)14(21)18-7-12(20)19-11-6-9(15)4-5-10(11)16;/h4-6,8,13H,3,7,17H2,1-2H3,(H,18,21)(H,19,20);1H. The normalized spacial score (nSPS) is 12.8. The third-order valence-electron chi connectivity index (χ3n) is 3.19. The molecule has 0 aliphatic heterocycles. The van der Waals surface area contributed by atoms with Crippen molar-refractivity contribution < 1.29 is 9.59 Å². The van der Waals surface area contributed by atoms with Gasteiger partial charge in [-0.1, -0.05) is 43.5 Å². The Morgan fingerprint density at radius 1 is 1.32 bits per heavy atom. The molecule has 0 aromatic heterocycles.